The van der Waals surface area contributed by atoms with E-state index in [9.17, 15) is 8.42 Å². The number of aryl methyl sites for hydroxylation is 1. The van der Waals surface area contributed by atoms with Crippen molar-refractivity contribution in [3.8, 4) is 0 Å². The number of benzene rings is 1. The molecule has 0 spiro atoms. The Morgan fingerprint density at radius 1 is 1.14 bits per heavy atom. The molecule has 0 aromatic heterocycles. The number of hydrogen-bond donors (Lipinski definition) is 0. The summed E-state index contributed by atoms with van der Waals surface area (Å²) < 4.78 is 40.1. The largest absolute Gasteiger partial charge is 0.487 e. The second-order valence-electron chi connectivity index (χ2n) is 8.99. The number of sulfonamides is 1. The van der Waals surface area contributed by atoms with Crippen LogP contribution in [0.5, 0.6) is 0 Å². The zero-order valence-electron chi connectivity index (χ0n) is 18.1. The highest BCUT2D eigenvalue weighted by atomic mass is 32.2. The molecule has 0 amide bonds. The first kappa shape index (κ1) is 22.3. The van der Waals surface area contributed by atoms with Gasteiger partial charge in [0.1, 0.15) is 0 Å². The molecule has 0 saturated carbocycles. The van der Waals surface area contributed by atoms with Crippen molar-refractivity contribution >= 4 is 17.1 Å². The van der Waals surface area contributed by atoms with E-state index < -0.39 is 28.3 Å². The molecule has 1 unspecified atom stereocenters. The van der Waals surface area contributed by atoms with Crippen LogP contribution in [0.15, 0.2) is 53.4 Å². The fourth-order valence-electron chi connectivity index (χ4n) is 3.71. The summed E-state index contributed by atoms with van der Waals surface area (Å²) in [5.41, 5.74) is 1.37. The lowest BCUT2D eigenvalue weighted by Gasteiger charge is -2.32. The minimum absolute atomic E-state index is 0.0725. The SMILES string of the molecule is C=CC1CN(S(=O)(=O)c2ccc(C)cc2)CCC/C1=C/B1OC(C)(C)C(C)(C)O1. The third-order valence-electron chi connectivity index (χ3n) is 6.31. The maximum Gasteiger partial charge on any atom is 0.487 e. The summed E-state index contributed by atoms with van der Waals surface area (Å²) >= 11 is 0. The highest BCUT2D eigenvalue weighted by Crippen LogP contribution is 2.38. The molecule has 29 heavy (non-hydrogen) atoms. The van der Waals surface area contributed by atoms with Gasteiger partial charge in [-0.1, -0.05) is 35.3 Å². The minimum Gasteiger partial charge on any atom is -0.400 e. The van der Waals surface area contributed by atoms with Crippen LogP contribution in [0.3, 0.4) is 0 Å². The van der Waals surface area contributed by atoms with Crippen molar-refractivity contribution in [2.45, 2.75) is 63.6 Å². The van der Waals surface area contributed by atoms with E-state index in [2.05, 4.69) is 6.58 Å². The Hall–Kier alpha value is -1.41. The Labute approximate surface area is 176 Å². The van der Waals surface area contributed by atoms with Crippen LogP contribution >= 0.6 is 0 Å². The Morgan fingerprint density at radius 3 is 2.28 bits per heavy atom. The Balaban J connectivity index is 1.82. The third kappa shape index (κ3) is 4.53. The molecule has 2 heterocycles. The first-order valence-electron chi connectivity index (χ1n) is 10.2. The van der Waals surface area contributed by atoms with E-state index >= 15 is 0 Å². The average Bonchev–Trinajstić information content (AvgIpc) is 2.77. The van der Waals surface area contributed by atoms with Gasteiger partial charge in [-0.15, -0.1) is 6.58 Å². The van der Waals surface area contributed by atoms with E-state index in [0.29, 0.717) is 18.0 Å². The molecule has 1 aromatic rings. The molecular formula is C22H32BNO4S. The van der Waals surface area contributed by atoms with Gasteiger partial charge >= 0.3 is 7.12 Å². The molecule has 7 heteroatoms. The molecule has 1 aromatic carbocycles. The van der Waals surface area contributed by atoms with Gasteiger partial charge in [0.2, 0.25) is 10.0 Å². The zero-order valence-corrected chi connectivity index (χ0v) is 19.0. The van der Waals surface area contributed by atoms with Crippen LogP contribution in [0.25, 0.3) is 0 Å². The van der Waals surface area contributed by atoms with Crippen LogP contribution in [0.1, 0.15) is 46.1 Å². The summed E-state index contributed by atoms with van der Waals surface area (Å²) in [7, 11) is -3.97. The van der Waals surface area contributed by atoms with Crippen LogP contribution in [0.4, 0.5) is 0 Å². The Bertz CT molecular complexity index is 874. The van der Waals surface area contributed by atoms with Crippen LogP contribution in [0, 0.1) is 12.8 Å². The van der Waals surface area contributed by atoms with E-state index in [-0.39, 0.29) is 5.92 Å². The van der Waals surface area contributed by atoms with Gasteiger partial charge < -0.3 is 9.31 Å². The van der Waals surface area contributed by atoms with Crippen molar-refractivity contribution in [1.29, 1.82) is 0 Å². The molecule has 2 fully saturated rings. The molecular weight excluding hydrogens is 385 g/mol. The third-order valence-corrected chi connectivity index (χ3v) is 8.19. The molecule has 2 aliphatic rings. The first-order chi connectivity index (χ1) is 13.5. The predicted octanol–water partition coefficient (Wildman–Crippen LogP) is 4.14. The van der Waals surface area contributed by atoms with Crippen molar-refractivity contribution < 1.29 is 17.7 Å². The Kier molecular flexibility index (Phi) is 6.17. The van der Waals surface area contributed by atoms with Gasteiger partial charge in [-0.25, -0.2) is 8.42 Å². The molecule has 2 aliphatic heterocycles. The lowest BCUT2D eigenvalue weighted by molar-refractivity contribution is 0.00578. The van der Waals surface area contributed by atoms with Gasteiger partial charge in [-0.3, -0.25) is 0 Å². The van der Waals surface area contributed by atoms with Crippen LogP contribution < -0.4 is 0 Å². The molecule has 0 bridgehead atoms. The van der Waals surface area contributed by atoms with Crippen molar-refractivity contribution in [3.05, 3.63) is 54.0 Å². The molecule has 5 nitrogen and oxygen atoms in total. The van der Waals surface area contributed by atoms with E-state index in [1.54, 1.807) is 16.4 Å². The van der Waals surface area contributed by atoms with E-state index in [1.807, 2.05) is 58.8 Å². The first-order valence-corrected chi connectivity index (χ1v) is 11.7. The quantitative estimate of drug-likeness (QED) is 0.546. The molecule has 1 atom stereocenters. The van der Waals surface area contributed by atoms with Gasteiger partial charge in [0, 0.05) is 19.0 Å². The predicted molar refractivity (Wildman–Crippen MR) is 117 cm³/mol. The van der Waals surface area contributed by atoms with Crippen LogP contribution in [0.2, 0.25) is 0 Å². The second-order valence-corrected chi connectivity index (χ2v) is 10.9. The summed E-state index contributed by atoms with van der Waals surface area (Å²) in [5.74, 6) is 1.95. The van der Waals surface area contributed by atoms with Crippen LogP contribution in [-0.4, -0.2) is 44.1 Å². The fourth-order valence-corrected chi connectivity index (χ4v) is 5.22. The van der Waals surface area contributed by atoms with E-state index in [1.165, 1.54) is 0 Å². The Morgan fingerprint density at radius 2 is 1.72 bits per heavy atom. The monoisotopic (exact) mass is 417 g/mol. The lowest BCUT2D eigenvalue weighted by atomic mass is 9.81. The molecule has 0 N–H and O–H groups in total. The summed E-state index contributed by atoms with van der Waals surface area (Å²) in [6.07, 6.45) is 3.38. The normalized spacial score (nSPS) is 26.4. The van der Waals surface area contributed by atoms with E-state index in [0.717, 1.165) is 24.0 Å². The lowest BCUT2D eigenvalue weighted by Crippen LogP contribution is -2.41. The van der Waals surface area contributed by atoms with Gasteiger partial charge in [0.05, 0.1) is 16.1 Å². The molecule has 158 valence electrons. The van der Waals surface area contributed by atoms with Crippen molar-refractivity contribution in [1.82, 2.24) is 4.31 Å². The van der Waals surface area contributed by atoms with Gasteiger partial charge in [0.15, 0.2) is 0 Å². The molecule has 2 saturated heterocycles. The molecule has 0 aliphatic carbocycles. The summed E-state index contributed by atoms with van der Waals surface area (Å²) in [6, 6.07) is 7.03. The van der Waals surface area contributed by atoms with E-state index in [4.69, 9.17) is 9.31 Å². The maximum atomic E-state index is 13.2. The number of rotatable bonds is 4. The highest BCUT2D eigenvalue weighted by molar-refractivity contribution is 7.89. The number of hydrogen-bond acceptors (Lipinski definition) is 4. The van der Waals surface area contributed by atoms with Gasteiger partial charge in [-0.2, -0.15) is 4.31 Å². The maximum absolute atomic E-state index is 13.2. The summed E-state index contributed by atoms with van der Waals surface area (Å²) in [6.45, 7) is 14.9. The minimum atomic E-state index is -3.54. The summed E-state index contributed by atoms with van der Waals surface area (Å²) in [5, 5.41) is 0. The molecule has 0 radical (unpaired) electrons. The van der Waals surface area contributed by atoms with Crippen LogP contribution in [-0.2, 0) is 19.3 Å². The average molecular weight is 417 g/mol. The van der Waals surface area contributed by atoms with Crippen molar-refractivity contribution in [2.24, 2.45) is 5.92 Å². The zero-order chi connectivity index (χ0) is 21.4. The second kappa shape index (κ2) is 8.02. The number of nitrogens with zero attached hydrogens (tertiary/aromatic N) is 1. The highest BCUT2D eigenvalue weighted by Gasteiger charge is 2.50. The van der Waals surface area contributed by atoms with Gasteiger partial charge in [-0.05, 0) is 59.6 Å². The van der Waals surface area contributed by atoms with Crippen molar-refractivity contribution in [3.63, 3.8) is 0 Å². The fraction of sp³-hybridized carbons (Fsp3) is 0.545. The van der Waals surface area contributed by atoms with Crippen molar-refractivity contribution in [2.75, 3.05) is 13.1 Å². The topological polar surface area (TPSA) is 55.8 Å². The van der Waals surface area contributed by atoms with Gasteiger partial charge in [0.25, 0.3) is 0 Å². The molecule has 3 rings (SSSR count). The smallest absolute Gasteiger partial charge is 0.400 e. The summed E-state index contributed by atoms with van der Waals surface area (Å²) in [4.78, 5) is 0.337. The standard InChI is InChI=1S/C22H32BNO4S/c1-7-18-16-24(29(25,26)20-12-10-17(2)11-13-20)14-8-9-19(18)15-23-27-21(3,4)22(5,6)28-23/h7,10-13,15,18H,1,8-9,14,16H2,2-6H3/b19-15-.